The second-order valence-electron chi connectivity index (χ2n) is 11.9. The van der Waals surface area contributed by atoms with Crippen LogP contribution in [0.1, 0.15) is 67.2 Å². The van der Waals surface area contributed by atoms with Gasteiger partial charge in [0.25, 0.3) is 0 Å². The number of halogens is 1. The minimum absolute atomic E-state index is 0.0828. The van der Waals surface area contributed by atoms with Gasteiger partial charge in [-0.1, -0.05) is 97.1 Å². The van der Waals surface area contributed by atoms with Gasteiger partial charge in [-0.05, 0) is 61.9 Å². The Morgan fingerprint density at radius 3 is 2.27 bits per heavy atom. The predicted octanol–water partition coefficient (Wildman–Crippen LogP) is 6.59. The molecule has 9 heteroatoms. The Kier molecular flexibility index (Phi) is 11.9. The Morgan fingerprint density at radius 2 is 1.61 bits per heavy atom. The Balaban J connectivity index is 1.60. The summed E-state index contributed by atoms with van der Waals surface area (Å²) in [4.78, 5) is 29.7. The number of carbonyl (C=O) groups is 2. The maximum Gasteiger partial charge on any atom is 0.243 e. The summed E-state index contributed by atoms with van der Waals surface area (Å²) in [5.41, 5.74) is 4.28. The van der Waals surface area contributed by atoms with E-state index in [0.29, 0.717) is 17.1 Å². The van der Waals surface area contributed by atoms with E-state index >= 15 is 0 Å². The molecule has 0 spiro atoms. The summed E-state index contributed by atoms with van der Waals surface area (Å²) < 4.78 is 26.9. The van der Waals surface area contributed by atoms with E-state index in [4.69, 9.17) is 11.6 Å². The van der Waals surface area contributed by atoms with Crippen LogP contribution < -0.4 is 9.62 Å². The summed E-state index contributed by atoms with van der Waals surface area (Å²) >= 11 is 6.20. The zero-order valence-electron chi connectivity index (χ0n) is 26.0. The van der Waals surface area contributed by atoms with Crippen molar-refractivity contribution in [1.29, 1.82) is 0 Å². The molecule has 4 rings (SSSR count). The van der Waals surface area contributed by atoms with Gasteiger partial charge in [0.1, 0.15) is 6.04 Å². The first-order valence-electron chi connectivity index (χ1n) is 15.4. The molecule has 3 aromatic carbocycles. The van der Waals surface area contributed by atoms with Crippen LogP contribution in [-0.2, 0) is 32.6 Å². The molecule has 1 aliphatic rings. The van der Waals surface area contributed by atoms with Crippen LogP contribution in [0.2, 0.25) is 5.02 Å². The number of amides is 2. The van der Waals surface area contributed by atoms with Crippen LogP contribution in [0.5, 0.6) is 0 Å². The molecule has 1 N–H and O–H groups in total. The molecule has 236 valence electrons. The smallest absolute Gasteiger partial charge is 0.243 e. The molecular weight excluding hydrogens is 594 g/mol. The molecule has 0 bridgehead atoms. The Bertz CT molecular complexity index is 1510. The van der Waals surface area contributed by atoms with E-state index in [-0.39, 0.29) is 43.8 Å². The fourth-order valence-electron chi connectivity index (χ4n) is 5.82. The molecule has 0 unspecified atom stereocenters. The summed E-state index contributed by atoms with van der Waals surface area (Å²) in [5.74, 6) is -0.338. The number of nitrogens with one attached hydrogen (secondary N) is 1. The van der Waals surface area contributed by atoms with E-state index in [2.05, 4.69) is 5.32 Å². The molecule has 1 aliphatic carbocycles. The summed E-state index contributed by atoms with van der Waals surface area (Å²) in [6.07, 6.45) is 7.14. The molecule has 7 nitrogen and oxygen atoms in total. The summed E-state index contributed by atoms with van der Waals surface area (Å²) in [7, 11) is -3.63. The summed E-state index contributed by atoms with van der Waals surface area (Å²) in [6.45, 7) is 4.23. The van der Waals surface area contributed by atoms with Gasteiger partial charge in [-0.25, -0.2) is 8.42 Å². The van der Waals surface area contributed by atoms with Gasteiger partial charge in [0.15, 0.2) is 0 Å². The third kappa shape index (κ3) is 9.57. The molecule has 0 saturated heterocycles. The van der Waals surface area contributed by atoms with Crippen LogP contribution >= 0.6 is 11.6 Å². The fourth-order valence-corrected chi connectivity index (χ4v) is 7.00. The van der Waals surface area contributed by atoms with Crippen LogP contribution in [0.4, 0.5) is 5.69 Å². The zero-order chi connectivity index (χ0) is 31.7. The number of carbonyl (C=O) groups excluding carboxylic acids is 2. The lowest BCUT2D eigenvalue weighted by Gasteiger charge is -2.34. The third-order valence-corrected chi connectivity index (χ3v) is 9.70. The van der Waals surface area contributed by atoms with Gasteiger partial charge >= 0.3 is 0 Å². The van der Waals surface area contributed by atoms with Gasteiger partial charge in [-0.2, -0.15) is 0 Å². The highest BCUT2D eigenvalue weighted by molar-refractivity contribution is 7.92. The average molecular weight is 638 g/mol. The minimum Gasteiger partial charge on any atom is -0.352 e. The Labute approximate surface area is 267 Å². The molecule has 1 saturated carbocycles. The monoisotopic (exact) mass is 637 g/mol. The second-order valence-corrected chi connectivity index (χ2v) is 14.3. The van der Waals surface area contributed by atoms with E-state index < -0.39 is 16.1 Å². The second kappa shape index (κ2) is 15.6. The normalized spacial score (nSPS) is 14.5. The molecule has 0 aromatic heterocycles. The lowest BCUT2D eigenvalue weighted by Crippen LogP contribution is -2.52. The first-order valence-corrected chi connectivity index (χ1v) is 17.7. The molecule has 0 aliphatic heterocycles. The largest absolute Gasteiger partial charge is 0.352 e. The van der Waals surface area contributed by atoms with Gasteiger partial charge in [0.2, 0.25) is 21.8 Å². The first-order chi connectivity index (χ1) is 21.0. The molecule has 1 fully saturated rings. The highest BCUT2D eigenvalue weighted by atomic mass is 35.5. The van der Waals surface area contributed by atoms with E-state index in [1.165, 1.54) is 10.7 Å². The lowest BCUT2D eigenvalue weighted by molar-refractivity contribution is -0.141. The molecule has 2 amide bonds. The predicted molar refractivity (Wildman–Crippen MR) is 178 cm³/mol. The van der Waals surface area contributed by atoms with Crippen LogP contribution in [-0.4, -0.2) is 50.0 Å². The number of sulfonamides is 1. The topological polar surface area (TPSA) is 86.8 Å². The number of aryl methyl sites for hydroxylation is 2. The number of anilines is 1. The number of rotatable bonds is 13. The van der Waals surface area contributed by atoms with E-state index in [9.17, 15) is 18.0 Å². The SMILES string of the molecule is Cc1ccc(CN(C(=O)CCCN(c2cc(Cl)ccc2C)S(C)(=O)=O)[C@H](Cc2ccccc2)C(=O)NC2CCCCC2)cc1. The van der Waals surface area contributed by atoms with Gasteiger partial charge < -0.3 is 10.2 Å². The maximum absolute atomic E-state index is 14.1. The van der Waals surface area contributed by atoms with Crippen molar-refractivity contribution in [2.45, 2.75) is 83.8 Å². The third-order valence-electron chi connectivity index (χ3n) is 8.29. The van der Waals surface area contributed by atoms with Gasteiger partial charge in [0, 0.05) is 37.0 Å². The quantitative estimate of drug-likeness (QED) is 0.229. The van der Waals surface area contributed by atoms with Crippen molar-refractivity contribution in [3.05, 3.63) is 100 Å². The van der Waals surface area contributed by atoms with Crippen LogP contribution in [0.3, 0.4) is 0 Å². The van der Waals surface area contributed by atoms with Crippen LogP contribution in [0, 0.1) is 13.8 Å². The molecule has 0 radical (unpaired) electrons. The van der Waals surface area contributed by atoms with Crippen molar-refractivity contribution in [1.82, 2.24) is 10.2 Å². The fraction of sp³-hybridized carbons (Fsp3) is 0.429. The molecule has 44 heavy (non-hydrogen) atoms. The minimum atomic E-state index is -3.63. The van der Waals surface area contributed by atoms with E-state index in [0.717, 1.165) is 54.2 Å². The number of benzene rings is 3. The average Bonchev–Trinajstić information content (AvgIpc) is 2.99. The Morgan fingerprint density at radius 1 is 0.932 bits per heavy atom. The standard InChI is InChI=1S/C35H44ClN3O4S/c1-26-16-19-29(20-17-26)25-38(33(23-28-11-6-4-7-12-28)35(41)37-31-13-8-5-9-14-31)34(40)15-10-22-39(44(3,42)43)32-24-30(36)21-18-27(32)2/h4,6-7,11-12,16-21,24,31,33H,5,8-10,13-15,22-23,25H2,1-3H3,(H,37,41)/t33-/m1/s1. The first kappa shape index (κ1) is 33.5. The van der Waals surface area contributed by atoms with Gasteiger partial charge in [-0.3, -0.25) is 13.9 Å². The van der Waals surface area contributed by atoms with Crippen molar-refractivity contribution in [3.63, 3.8) is 0 Å². The molecule has 3 aromatic rings. The van der Waals surface area contributed by atoms with Crippen molar-refractivity contribution in [3.8, 4) is 0 Å². The summed E-state index contributed by atoms with van der Waals surface area (Å²) in [6, 6.07) is 22.3. The highest BCUT2D eigenvalue weighted by Gasteiger charge is 2.32. The lowest BCUT2D eigenvalue weighted by atomic mass is 9.94. The summed E-state index contributed by atoms with van der Waals surface area (Å²) in [5, 5.41) is 3.70. The van der Waals surface area contributed by atoms with Gasteiger partial charge in [-0.15, -0.1) is 0 Å². The number of hydrogen-bond donors (Lipinski definition) is 1. The van der Waals surface area contributed by atoms with Crippen LogP contribution in [0.15, 0.2) is 72.8 Å². The highest BCUT2D eigenvalue weighted by Crippen LogP contribution is 2.27. The Hall–Kier alpha value is -3.36. The van der Waals surface area contributed by atoms with Crippen molar-refractivity contribution in [2.75, 3.05) is 17.1 Å². The van der Waals surface area contributed by atoms with Gasteiger partial charge in [0.05, 0.1) is 11.9 Å². The number of nitrogens with zero attached hydrogens (tertiary/aromatic N) is 2. The number of hydrogen-bond acceptors (Lipinski definition) is 4. The van der Waals surface area contributed by atoms with Crippen molar-refractivity contribution in [2.24, 2.45) is 0 Å². The van der Waals surface area contributed by atoms with E-state index in [1.807, 2.05) is 68.4 Å². The zero-order valence-corrected chi connectivity index (χ0v) is 27.5. The molecular formula is C35H44ClN3O4S. The van der Waals surface area contributed by atoms with Crippen LogP contribution in [0.25, 0.3) is 0 Å². The maximum atomic E-state index is 14.1. The van der Waals surface area contributed by atoms with Crippen molar-refractivity contribution < 1.29 is 18.0 Å². The molecule has 0 heterocycles. The van der Waals surface area contributed by atoms with E-state index in [1.54, 1.807) is 23.1 Å². The van der Waals surface area contributed by atoms with Crippen molar-refractivity contribution >= 4 is 39.1 Å². The molecule has 1 atom stereocenters.